The van der Waals surface area contributed by atoms with Gasteiger partial charge in [0.1, 0.15) is 0 Å². The molecule has 14 heavy (non-hydrogen) atoms. The lowest BCUT2D eigenvalue weighted by atomic mass is 10.1. The maximum atomic E-state index is 11.7. The molecule has 0 N–H and O–H groups in total. The number of morpholine rings is 1. The average molecular weight is 217 g/mol. The standard InChI is InChI=1S/C10H19NO2S/c1-3-9-7-13-8(2)6-11(9)10(12)4-5-14/h8-9,14H,3-7H2,1-2H3. The molecule has 1 heterocycles. The fourth-order valence-corrected chi connectivity index (χ4v) is 1.92. The maximum Gasteiger partial charge on any atom is 0.223 e. The van der Waals surface area contributed by atoms with Gasteiger partial charge in [-0.15, -0.1) is 0 Å². The van der Waals surface area contributed by atoms with E-state index in [1.54, 1.807) is 0 Å². The van der Waals surface area contributed by atoms with Crippen LogP contribution in [0.25, 0.3) is 0 Å². The topological polar surface area (TPSA) is 29.5 Å². The third kappa shape index (κ3) is 2.89. The lowest BCUT2D eigenvalue weighted by Gasteiger charge is -2.38. The Hall–Kier alpha value is -0.220. The highest BCUT2D eigenvalue weighted by molar-refractivity contribution is 7.80. The largest absolute Gasteiger partial charge is 0.375 e. The number of ether oxygens (including phenoxy) is 1. The molecular formula is C10H19NO2S. The Balaban J connectivity index is 2.56. The molecule has 82 valence electrons. The van der Waals surface area contributed by atoms with Crippen LogP contribution in [0.1, 0.15) is 26.7 Å². The van der Waals surface area contributed by atoms with Crippen LogP contribution in [0.4, 0.5) is 0 Å². The van der Waals surface area contributed by atoms with Gasteiger partial charge >= 0.3 is 0 Å². The number of carbonyl (C=O) groups is 1. The summed E-state index contributed by atoms with van der Waals surface area (Å²) >= 11 is 4.08. The molecule has 2 atom stereocenters. The van der Waals surface area contributed by atoms with Gasteiger partial charge in [-0.2, -0.15) is 12.6 Å². The summed E-state index contributed by atoms with van der Waals surface area (Å²) in [4.78, 5) is 13.7. The fourth-order valence-electron chi connectivity index (χ4n) is 1.73. The van der Waals surface area contributed by atoms with E-state index in [9.17, 15) is 4.79 Å². The van der Waals surface area contributed by atoms with Crippen molar-refractivity contribution >= 4 is 18.5 Å². The number of hydrogen-bond donors (Lipinski definition) is 1. The van der Waals surface area contributed by atoms with Crippen LogP contribution in [-0.2, 0) is 9.53 Å². The zero-order chi connectivity index (χ0) is 10.6. The van der Waals surface area contributed by atoms with Gasteiger partial charge in [-0.25, -0.2) is 0 Å². The minimum absolute atomic E-state index is 0.168. The summed E-state index contributed by atoms with van der Waals surface area (Å²) in [5, 5.41) is 0. The van der Waals surface area contributed by atoms with Gasteiger partial charge in [0.15, 0.2) is 0 Å². The summed E-state index contributed by atoms with van der Waals surface area (Å²) in [6.45, 7) is 5.50. The molecule has 3 nitrogen and oxygen atoms in total. The molecule has 0 saturated carbocycles. The number of hydrogen-bond acceptors (Lipinski definition) is 3. The Bertz CT molecular complexity index is 199. The van der Waals surface area contributed by atoms with Crippen LogP contribution in [-0.4, -0.2) is 41.9 Å². The first-order chi connectivity index (χ1) is 6.69. The Kier molecular flexibility index (Phi) is 4.75. The van der Waals surface area contributed by atoms with Gasteiger partial charge in [-0.1, -0.05) is 6.92 Å². The molecular weight excluding hydrogens is 198 g/mol. The minimum Gasteiger partial charge on any atom is -0.375 e. The predicted octanol–water partition coefficient (Wildman–Crippen LogP) is 1.33. The molecule has 0 aliphatic carbocycles. The molecule has 2 unspecified atom stereocenters. The summed E-state index contributed by atoms with van der Waals surface area (Å²) in [7, 11) is 0. The van der Waals surface area contributed by atoms with Gasteiger partial charge in [0.2, 0.25) is 5.91 Å². The molecule has 0 radical (unpaired) electrons. The third-order valence-electron chi connectivity index (χ3n) is 2.58. The molecule has 0 bridgehead atoms. The molecule has 1 aliphatic heterocycles. The zero-order valence-electron chi connectivity index (χ0n) is 8.90. The van der Waals surface area contributed by atoms with Gasteiger partial charge in [-0.3, -0.25) is 4.79 Å². The Morgan fingerprint density at radius 3 is 2.93 bits per heavy atom. The lowest BCUT2D eigenvalue weighted by molar-refractivity contribution is -0.143. The molecule has 1 amide bonds. The molecule has 1 aliphatic rings. The van der Waals surface area contributed by atoms with Crippen molar-refractivity contribution in [3.05, 3.63) is 0 Å². The van der Waals surface area contributed by atoms with Crippen LogP contribution >= 0.6 is 12.6 Å². The number of amides is 1. The summed E-state index contributed by atoms with van der Waals surface area (Å²) in [6, 6.07) is 0.263. The molecule has 0 spiro atoms. The molecule has 0 aromatic carbocycles. The van der Waals surface area contributed by atoms with Crippen molar-refractivity contribution in [2.24, 2.45) is 0 Å². The minimum atomic E-state index is 0.168. The quantitative estimate of drug-likeness (QED) is 0.723. The second kappa shape index (κ2) is 5.61. The van der Waals surface area contributed by atoms with Crippen LogP contribution < -0.4 is 0 Å². The summed E-state index contributed by atoms with van der Waals surface area (Å²) in [5.74, 6) is 0.836. The van der Waals surface area contributed by atoms with Crippen LogP contribution in [0.15, 0.2) is 0 Å². The van der Waals surface area contributed by atoms with E-state index in [1.165, 1.54) is 0 Å². The molecule has 4 heteroatoms. The van der Waals surface area contributed by atoms with Crippen LogP contribution in [0.5, 0.6) is 0 Å². The van der Waals surface area contributed by atoms with Crippen molar-refractivity contribution in [1.82, 2.24) is 4.90 Å². The van der Waals surface area contributed by atoms with Crippen LogP contribution in [0.2, 0.25) is 0 Å². The second-order valence-corrected chi connectivity index (χ2v) is 4.17. The van der Waals surface area contributed by atoms with Crippen LogP contribution in [0.3, 0.4) is 0 Å². The molecule has 1 saturated heterocycles. The maximum absolute atomic E-state index is 11.7. The highest BCUT2D eigenvalue weighted by Gasteiger charge is 2.28. The first-order valence-electron chi connectivity index (χ1n) is 5.21. The molecule has 0 aromatic rings. The van der Waals surface area contributed by atoms with E-state index in [4.69, 9.17) is 4.74 Å². The summed E-state index contributed by atoms with van der Waals surface area (Å²) in [5.41, 5.74) is 0. The van der Waals surface area contributed by atoms with Gasteiger partial charge < -0.3 is 9.64 Å². The third-order valence-corrected chi connectivity index (χ3v) is 2.81. The van der Waals surface area contributed by atoms with Crippen LogP contribution in [0, 0.1) is 0 Å². The predicted molar refractivity (Wildman–Crippen MR) is 59.7 cm³/mol. The van der Waals surface area contributed by atoms with E-state index >= 15 is 0 Å². The summed E-state index contributed by atoms with van der Waals surface area (Å²) < 4.78 is 5.53. The zero-order valence-corrected chi connectivity index (χ0v) is 9.80. The van der Waals surface area contributed by atoms with Crippen molar-refractivity contribution in [1.29, 1.82) is 0 Å². The first-order valence-corrected chi connectivity index (χ1v) is 5.84. The van der Waals surface area contributed by atoms with Crippen molar-refractivity contribution in [3.8, 4) is 0 Å². The molecule has 1 rings (SSSR count). The Morgan fingerprint density at radius 1 is 1.64 bits per heavy atom. The number of rotatable bonds is 3. The van der Waals surface area contributed by atoms with Gasteiger partial charge in [0, 0.05) is 13.0 Å². The SMILES string of the molecule is CCC1COC(C)CN1C(=O)CCS. The average Bonchev–Trinajstić information content (AvgIpc) is 2.18. The van der Waals surface area contributed by atoms with E-state index in [0.29, 0.717) is 18.8 Å². The fraction of sp³-hybridized carbons (Fsp3) is 0.900. The van der Waals surface area contributed by atoms with Crippen molar-refractivity contribution in [2.45, 2.75) is 38.8 Å². The summed E-state index contributed by atoms with van der Waals surface area (Å²) in [6.07, 6.45) is 1.67. The number of thiol groups is 1. The lowest BCUT2D eigenvalue weighted by Crippen LogP contribution is -2.51. The van der Waals surface area contributed by atoms with E-state index < -0.39 is 0 Å². The van der Waals surface area contributed by atoms with Gasteiger partial charge in [0.05, 0.1) is 18.8 Å². The van der Waals surface area contributed by atoms with Crippen molar-refractivity contribution in [2.75, 3.05) is 18.9 Å². The van der Waals surface area contributed by atoms with E-state index in [-0.39, 0.29) is 18.1 Å². The Labute approximate surface area is 91.2 Å². The van der Waals surface area contributed by atoms with Crippen molar-refractivity contribution < 1.29 is 9.53 Å². The first kappa shape index (κ1) is 11.9. The van der Waals surface area contributed by atoms with Gasteiger partial charge in [-0.05, 0) is 19.1 Å². The number of nitrogens with zero attached hydrogens (tertiary/aromatic N) is 1. The smallest absolute Gasteiger partial charge is 0.223 e. The number of carbonyl (C=O) groups excluding carboxylic acids is 1. The van der Waals surface area contributed by atoms with E-state index in [2.05, 4.69) is 19.6 Å². The normalized spacial score (nSPS) is 27.8. The van der Waals surface area contributed by atoms with E-state index in [1.807, 2.05) is 11.8 Å². The molecule has 0 aromatic heterocycles. The highest BCUT2D eigenvalue weighted by Crippen LogP contribution is 2.15. The van der Waals surface area contributed by atoms with Crippen molar-refractivity contribution in [3.63, 3.8) is 0 Å². The highest BCUT2D eigenvalue weighted by atomic mass is 32.1. The second-order valence-electron chi connectivity index (χ2n) is 3.73. The van der Waals surface area contributed by atoms with E-state index in [0.717, 1.165) is 13.0 Å². The van der Waals surface area contributed by atoms with Gasteiger partial charge in [0.25, 0.3) is 0 Å². The molecule has 1 fully saturated rings. The Morgan fingerprint density at radius 2 is 2.36 bits per heavy atom. The monoisotopic (exact) mass is 217 g/mol.